The number of thiophene rings is 1. The van der Waals surface area contributed by atoms with Gasteiger partial charge in [-0.3, -0.25) is 0 Å². The van der Waals surface area contributed by atoms with Crippen LogP contribution in [0.2, 0.25) is 5.02 Å². The molecule has 74 valence electrons. The fourth-order valence-electron chi connectivity index (χ4n) is 1.38. The molecule has 0 aliphatic rings. The van der Waals surface area contributed by atoms with Crippen LogP contribution in [0.4, 0.5) is 0 Å². The van der Waals surface area contributed by atoms with E-state index in [1.807, 2.05) is 17.5 Å². The van der Waals surface area contributed by atoms with Gasteiger partial charge in [-0.2, -0.15) is 0 Å². The van der Waals surface area contributed by atoms with Gasteiger partial charge < -0.3 is 5.11 Å². The van der Waals surface area contributed by atoms with Gasteiger partial charge in [-0.25, -0.2) is 0 Å². The molecule has 14 heavy (non-hydrogen) atoms. The van der Waals surface area contributed by atoms with Crippen LogP contribution >= 0.6 is 34.5 Å². The summed E-state index contributed by atoms with van der Waals surface area (Å²) in [4.78, 5) is 0. The Morgan fingerprint density at radius 3 is 2.71 bits per heavy atom. The van der Waals surface area contributed by atoms with E-state index in [1.165, 1.54) is 0 Å². The predicted octanol–water partition coefficient (Wildman–Crippen LogP) is 3.79. The van der Waals surface area contributed by atoms with Crippen molar-refractivity contribution in [2.75, 3.05) is 0 Å². The van der Waals surface area contributed by atoms with E-state index in [-0.39, 0.29) is 6.61 Å². The molecule has 1 aromatic carbocycles. The summed E-state index contributed by atoms with van der Waals surface area (Å²) in [6.45, 7) is 0.0521. The Balaban J connectivity index is 2.72. The van der Waals surface area contributed by atoms with E-state index in [0.717, 1.165) is 21.2 Å². The first-order valence-corrected chi connectivity index (χ1v) is 5.91. The molecule has 0 bridgehead atoms. The van der Waals surface area contributed by atoms with E-state index in [1.54, 1.807) is 11.3 Å². The van der Waals surface area contributed by atoms with Crippen molar-refractivity contribution in [2.45, 2.75) is 12.5 Å². The van der Waals surface area contributed by atoms with Crippen molar-refractivity contribution < 1.29 is 5.11 Å². The van der Waals surface area contributed by atoms with Crippen LogP contribution in [0, 0.1) is 0 Å². The highest BCUT2D eigenvalue weighted by molar-refractivity contribution is 7.18. The molecule has 0 saturated heterocycles. The summed E-state index contributed by atoms with van der Waals surface area (Å²) in [5.74, 6) is 0.418. The van der Waals surface area contributed by atoms with Crippen molar-refractivity contribution in [2.24, 2.45) is 0 Å². The number of alkyl halides is 1. The van der Waals surface area contributed by atoms with E-state index in [0.29, 0.717) is 10.9 Å². The van der Waals surface area contributed by atoms with Gasteiger partial charge in [-0.05, 0) is 21.9 Å². The molecule has 0 unspecified atom stereocenters. The first-order valence-electron chi connectivity index (χ1n) is 4.12. The Morgan fingerprint density at radius 1 is 1.29 bits per heavy atom. The smallest absolute Gasteiger partial charge is 0.0696 e. The van der Waals surface area contributed by atoms with Gasteiger partial charge in [0.05, 0.1) is 16.3 Å². The molecule has 2 aromatic rings. The highest BCUT2D eigenvalue weighted by atomic mass is 35.5. The first kappa shape index (κ1) is 10.2. The summed E-state index contributed by atoms with van der Waals surface area (Å²) in [7, 11) is 0. The third-order valence-corrected chi connectivity index (χ3v) is 4.05. The number of aliphatic hydroxyl groups excluding tert-OH is 1. The minimum absolute atomic E-state index is 0.0521. The van der Waals surface area contributed by atoms with Crippen LogP contribution < -0.4 is 0 Å². The summed E-state index contributed by atoms with van der Waals surface area (Å²) in [5.41, 5.74) is 1.86. The molecule has 0 radical (unpaired) electrons. The van der Waals surface area contributed by atoms with E-state index >= 15 is 0 Å². The number of hydrogen-bond acceptors (Lipinski definition) is 2. The molecule has 0 fully saturated rings. The normalized spacial score (nSPS) is 11.1. The van der Waals surface area contributed by atoms with Gasteiger partial charge in [-0.1, -0.05) is 23.7 Å². The van der Waals surface area contributed by atoms with E-state index in [2.05, 4.69) is 0 Å². The molecule has 1 N–H and O–H groups in total. The minimum Gasteiger partial charge on any atom is -0.392 e. The van der Waals surface area contributed by atoms with Crippen LogP contribution in [0.25, 0.3) is 10.1 Å². The fourth-order valence-corrected chi connectivity index (χ4v) is 3.06. The third kappa shape index (κ3) is 1.52. The second-order valence-corrected chi connectivity index (χ2v) is 4.49. The van der Waals surface area contributed by atoms with Crippen LogP contribution in [0.1, 0.15) is 11.1 Å². The first-order chi connectivity index (χ1) is 6.77. The number of benzene rings is 1. The standard InChI is InChI=1S/C10H8Cl2OS/c11-3-6-1-2-8-7(4-13)5-14-10(8)9(6)12/h1-2,5,13H,3-4H2. The SMILES string of the molecule is OCc1csc2c(Cl)c(CCl)ccc12. The van der Waals surface area contributed by atoms with Gasteiger partial charge in [0.1, 0.15) is 0 Å². The number of hydrogen-bond donors (Lipinski definition) is 1. The topological polar surface area (TPSA) is 20.2 Å². The van der Waals surface area contributed by atoms with Crippen molar-refractivity contribution in [3.8, 4) is 0 Å². The lowest BCUT2D eigenvalue weighted by Crippen LogP contribution is -1.82. The zero-order chi connectivity index (χ0) is 10.1. The highest BCUT2D eigenvalue weighted by Gasteiger charge is 2.09. The number of fused-ring (bicyclic) bond motifs is 1. The van der Waals surface area contributed by atoms with Crippen molar-refractivity contribution in [3.05, 3.63) is 33.7 Å². The maximum absolute atomic E-state index is 9.08. The summed E-state index contributed by atoms with van der Waals surface area (Å²) in [5, 5.41) is 12.7. The average molecular weight is 247 g/mol. The second-order valence-electron chi connectivity index (χ2n) is 2.97. The molecule has 1 aromatic heterocycles. The molecule has 1 heterocycles. The monoisotopic (exact) mass is 246 g/mol. The molecule has 0 atom stereocenters. The molecule has 0 spiro atoms. The molecule has 0 saturated carbocycles. The highest BCUT2D eigenvalue weighted by Crippen LogP contribution is 2.35. The predicted molar refractivity (Wildman–Crippen MR) is 62.3 cm³/mol. The number of rotatable bonds is 2. The van der Waals surface area contributed by atoms with Gasteiger partial charge in [0, 0.05) is 5.88 Å². The zero-order valence-electron chi connectivity index (χ0n) is 7.26. The minimum atomic E-state index is 0.0521. The van der Waals surface area contributed by atoms with Gasteiger partial charge in [-0.15, -0.1) is 22.9 Å². The molecule has 0 aliphatic carbocycles. The number of aliphatic hydroxyl groups is 1. The van der Waals surface area contributed by atoms with E-state index < -0.39 is 0 Å². The maximum atomic E-state index is 9.08. The summed E-state index contributed by atoms with van der Waals surface area (Å²) >= 11 is 13.4. The van der Waals surface area contributed by atoms with Crippen molar-refractivity contribution in [3.63, 3.8) is 0 Å². The van der Waals surface area contributed by atoms with Crippen LogP contribution in [-0.4, -0.2) is 5.11 Å². The lowest BCUT2D eigenvalue weighted by molar-refractivity contribution is 0.284. The van der Waals surface area contributed by atoms with Crippen molar-refractivity contribution in [1.29, 1.82) is 0 Å². The Labute approximate surface area is 95.9 Å². The van der Waals surface area contributed by atoms with Crippen LogP contribution in [0.3, 0.4) is 0 Å². The van der Waals surface area contributed by atoms with Gasteiger partial charge in [0.15, 0.2) is 0 Å². The second kappa shape index (κ2) is 4.07. The molecular formula is C10H8Cl2OS. The van der Waals surface area contributed by atoms with Crippen molar-refractivity contribution >= 4 is 44.6 Å². The summed E-state index contributed by atoms with van der Waals surface area (Å²) < 4.78 is 1.01. The van der Waals surface area contributed by atoms with E-state index in [4.69, 9.17) is 28.3 Å². The van der Waals surface area contributed by atoms with Crippen LogP contribution in [0.5, 0.6) is 0 Å². The molecule has 1 nitrogen and oxygen atoms in total. The van der Waals surface area contributed by atoms with Gasteiger partial charge >= 0.3 is 0 Å². The Hall–Kier alpha value is -0.280. The lowest BCUT2D eigenvalue weighted by atomic mass is 10.1. The lowest BCUT2D eigenvalue weighted by Gasteiger charge is -2.01. The Kier molecular flexibility index (Phi) is 2.98. The Morgan fingerprint density at radius 2 is 2.07 bits per heavy atom. The molecular weight excluding hydrogens is 239 g/mol. The zero-order valence-corrected chi connectivity index (χ0v) is 9.59. The fraction of sp³-hybridized carbons (Fsp3) is 0.200. The summed E-state index contributed by atoms with van der Waals surface area (Å²) in [6.07, 6.45) is 0. The molecule has 2 rings (SSSR count). The van der Waals surface area contributed by atoms with Crippen molar-refractivity contribution in [1.82, 2.24) is 0 Å². The average Bonchev–Trinajstić information content (AvgIpc) is 2.62. The van der Waals surface area contributed by atoms with Gasteiger partial charge in [0.25, 0.3) is 0 Å². The van der Waals surface area contributed by atoms with E-state index in [9.17, 15) is 0 Å². The maximum Gasteiger partial charge on any atom is 0.0696 e. The Bertz CT molecular complexity index is 464. The quantitative estimate of drug-likeness (QED) is 0.800. The number of halogens is 2. The largest absolute Gasteiger partial charge is 0.392 e. The molecule has 4 heteroatoms. The summed E-state index contributed by atoms with van der Waals surface area (Å²) in [6, 6.07) is 3.87. The van der Waals surface area contributed by atoms with Gasteiger partial charge in [0.2, 0.25) is 0 Å². The van der Waals surface area contributed by atoms with Crippen LogP contribution in [-0.2, 0) is 12.5 Å². The molecule has 0 amide bonds. The third-order valence-electron chi connectivity index (χ3n) is 2.16. The molecule has 0 aliphatic heterocycles. The van der Waals surface area contributed by atoms with Crippen LogP contribution in [0.15, 0.2) is 17.5 Å².